The lowest BCUT2D eigenvalue weighted by atomic mass is 10.2. The van der Waals surface area contributed by atoms with Gasteiger partial charge in [-0.3, -0.25) is 14.4 Å². The zero-order valence-corrected chi connectivity index (χ0v) is 22.7. The monoisotopic (exact) mass is 555 g/mol. The van der Waals surface area contributed by atoms with Crippen molar-refractivity contribution in [2.75, 3.05) is 29.8 Å². The van der Waals surface area contributed by atoms with Gasteiger partial charge in [-0.15, -0.1) is 0 Å². The Morgan fingerprint density at radius 3 is 2.38 bits per heavy atom. The van der Waals surface area contributed by atoms with Crippen molar-refractivity contribution < 1.29 is 28.3 Å². The summed E-state index contributed by atoms with van der Waals surface area (Å²) in [5.74, 6) is -0.445. The molecule has 5 rings (SSSR count). The summed E-state index contributed by atoms with van der Waals surface area (Å²) in [5.41, 5.74) is 2.63. The number of thioether (sulfide) groups is 1. The standard InChI is InChI=1S/C30H25N3O6S/c1-18-9-11-19(12-10-18)31-26-27(30(36)33(29(26)35)23-14-13-21(37-2)17-25(23)38-3)40-22-7-4-6-20(16-22)32-28(34)24-8-5-15-39-24/h4-17,31H,1-3H3,(H,32,34). The van der Waals surface area contributed by atoms with E-state index in [4.69, 9.17) is 13.9 Å². The highest BCUT2D eigenvalue weighted by molar-refractivity contribution is 8.04. The molecule has 0 saturated carbocycles. The molecule has 0 fully saturated rings. The summed E-state index contributed by atoms with van der Waals surface area (Å²) in [5, 5.41) is 5.92. The van der Waals surface area contributed by atoms with Crippen molar-refractivity contribution >= 4 is 46.5 Å². The van der Waals surface area contributed by atoms with Gasteiger partial charge in [0, 0.05) is 22.3 Å². The van der Waals surface area contributed by atoms with E-state index in [1.54, 1.807) is 54.6 Å². The molecule has 1 aliphatic heterocycles. The van der Waals surface area contributed by atoms with Crippen LogP contribution in [0.4, 0.5) is 17.1 Å². The first-order chi connectivity index (χ1) is 19.4. The lowest BCUT2D eigenvalue weighted by Crippen LogP contribution is -2.32. The molecular weight excluding hydrogens is 530 g/mol. The summed E-state index contributed by atoms with van der Waals surface area (Å²) in [6.45, 7) is 1.96. The Balaban J connectivity index is 1.49. The molecule has 10 heteroatoms. The fourth-order valence-electron chi connectivity index (χ4n) is 4.04. The van der Waals surface area contributed by atoms with E-state index in [-0.39, 0.29) is 22.0 Å². The van der Waals surface area contributed by atoms with Gasteiger partial charge in [-0.2, -0.15) is 0 Å². The number of aryl methyl sites for hydroxylation is 1. The number of nitrogens with one attached hydrogen (secondary N) is 2. The average molecular weight is 556 g/mol. The van der Waals surface area contributed by atoms with E-state index in [2.05, 4.69) is 10.6 Å². The van der Waals surface area contributed by atoms with Crippen molar-refractivity contribution in [2.24, 2.45) is 0 Å². The third kappa shape index (κ3) is 5.43. The van der Waals surface area contributed by atoms with Gasteiger partial charge < -0.3 is 24.5 Å². The Bertz CT molecular complexity index is 1610. The smallest absolute Gasteiger partial charge is 0.291 e. The van der Waals surface area contributed by atoms with E-state index >= 15 is 0 Å². The van der Waals surface area contributed by atoms with Crippen LogP contribution in [-0.2, 0) is 9.59 Å². The predicted octanol–water partition coefficient (Wildman–Crippen LogP) is 5.85. The molecule has 2 N–H and O–H groups in total. The van der Waals surface area contributed by atoms with E-state index in [1.807, 2.05) is 31.2 Å². The molecular formula is C30H25N3O6S. The van der Waals surface area contributed by atoms with Crippen molar-refractivity contribution in [1.82, 2.24) is 0 Å². The van der Waals surface area contributed by atoms with E-state index < -0.39 is 17.7 Å². The summed E-state index contributed by atoms with van der Waals surface area (Å²) < 4.78 is 15.9. The van der Waals surface area contributed by atoms with Crippen LogP contribution < -0.4 is 25.0 Å². The number of hydrogen-bond donors (Lipinski definition) is 2. The quantitative estimate of drug-likeness (QED) is 0.248. The van der Waals surface area contributed by atoms with Crippen molar-refractivity contribution in [1.29, 1.82) is 0 Å². The molecule has 0 aliphatic carbocycles. The Morgan fingerprint density at radius 1 is 0.875 bits per heavy atom. The lowest BCUT2D eigenvalue weighted by Gasteiger charge is -2.19. The summed E-state index contributed by atoms with van der Waals surface area (Å²) in [6, 6.07) is 22.5. The third-order valence-electron chi connectivity index (χ3n) is 6.05. The van der Waals surface area contributed by atoms with Crippen LogP contribution in [0.2, 0.25) is 0 Å². The molecule has 0 spiro atoms. The fourth-order valence-corrected chi connectivity index (χ4v) is 5.03. The number of rotatable bonds is 9. The first-order valence-corrected chi connectivity index (χ1v) is 13.0. The molecule has 1 aliphatic rings. The maximum atomic E-state index is 13.8. The number of imide groups is 1. The number of anilines is 3. The van der Waals surface area contributed by atoms with Crippen molar-refractivity contribution in [3.63, 3.8) is 0 Å². The Hall–Kier alpha value is -4.96. The molecule has 3 amide bonds. The van der Waals surface area contributed by atoms with Gasteiger partial charge in [-0.05, 0) is 61.5 Å². The number of nitrogens with zero attached hydrogens (tertiary/aromatic N) is 1. The normalized spacial score (nSPS) is 13.0. The summed E-state index contributed by atoms with van der Waals surface area (Å²) in [6.07, 6.45) is 1.42. The Kier molecular flexibility index (Phi) is 7.61. The first-order valence-electron chi connectivity index (χ1n) is 12.2. The summed E-state index contributed by atoms with van der Waals surface area (Å²) in [4.78, 5) is 42.0. The van der Waals surface area contributed by atoms with Crippen LogP contribution in [0, 0.1) is 6.92 Å². The zero-order valence-electron chi connectivity index (χ0n) is 21.9. The highest BCUT2D eigenvalue weighted by atomic mass is 32.2. The van der Waals surface area contributed by atoms with Gasteiger partial charge in [0.15, 0.2) is 5.76 Å². The maximum Gasteiger partial charge on any atom is 0.291 e. The van der Waals surface area contributed by atoms with Crippen LogP contribution in [0.15, 0.2) is 105 Å². The fraction of sp³-hybridized carbons (Fsp3) is 0.100. The van der Waals surface area contributed by atoms with Gasteiger partial charge in [0.05, 0.1) is 26.2 Å². The number of furan rings is 1. The van der Waals surface area contributed by atoms with Crippen molar-refractivity contribution in [3.8, 4) is 11.5 Å². The second-order valence-corrected chi connectivity index (χ2v) is 9.82. The van der Waals surface area contributed by atoms with Crippen LogP contribution in [0.1, 0.15) is 16.1 Å². The van der Waals surface area contributed by atoms with Gasteiger partial charge >= 0.3 is 0 Å². The molecule has 3 aromatic carbocycles. The molecule has 2 heterocycles. The highest BCUT2D eigenvalue weighted by Gasteiger charge is 2.41. The number of ether oxygens (including phenoxy) is 2. The number of methoxy groups -OCH3 is 2. The second-order valence-electron chi connectivity index (χ2n) is 8.74. The largest absolute Gasteiger partial charge is 0.497 e. The van der Waals surface area contributed by atoms with Crippen LogP contribution in [0.3, 0.4) is 0 Å². The third-order valence-corrected chi connectivity index (χ3v) is 7.12. The van der Waals surface area contributed by atoms with Crippen molar-refractivity contribution in [2.45, 2.75) is 11.8 Å². The number of carbonyl (C=O) groups excluding carboxylic acids is 3. The number of carbonyl (C=O) groups is 3. The molecule has 0 bridgehead atoms. The van der Waals surface area contributed by atoms with Gasteiger partial charge in [0.1, 0.15) is 22.1 Å². The van der Waals surface area contributed by atoms with Gasteiger partial charge in [0.25, 0.3) is 17.7 Å². The van der Waals surface area contributed by atoms with E-state index in [0.717, 1.165) is 22.2 Å². The highest BCUT2D eigenvalue weighted by Crippen LogP contribution is 2.42. The van der Waals surface area contributed by atoms with E-state index in [0.29, 0.717) is 27.8 Å². The minimum atomic E-state index is -0.529. The minimum Gasteiger partial charge on any atom is -0.497 e. The van der Waals surface area contributed by atoms with Crippen LogP contribution in [-0.4, -0.2) is 31.9 Å². The molecule has 40 heavy (non-hydrogen) atoms. The van der Waals surface area contributed by atoms with Crippen molar-refractivity contribution in [3.05, 3.63) is 107 Å². The topological polar surface area (TPSA) is 110 Å². The molecule has 9 nitrogen and oxygen atoms in total. The second kappa shape index (κ2) is 11.4. The zero-order chi connectivity index (χ0) is 28.2. The van der Waals surface area contributed by atoms with Gasteiger partial charge in [-0.25, -0.2) is 4.90 Å². The number of amides is 3. The summed E-state index contributed by atoms with van der Waals surface area (Å²) in [7, 11) is 2.98. The molecule has 0 unspecified atom stereocenters. The Labute approximate surface area is 234 Å². The maximum absolute atomic E-state index is 13.8. The Morgan fingerprint density at radius 2 is 1.68 bits per heavy atom. The number of benzene rings is 3. The van der Waals surface area contributed by atoms with Crippen LogP contribution >= 0.6 is 11.8 Å². The molecule has 202 valence electrons. The number of hydrogen-bond acceptors (Lipinski definition) is 8. The molecule has 0 atom stereocenters. The van der Waals surface area contributed by atoms with Crippen LogP contribution in [0.25, 0.3) is 0 Å². The van der Waals surface area contributed by atoms with E-state index in [1.165, 1.54) is 20.5 Å². The van der Waals surface area contributed by atoms with Crippen LogP contribution in [0.5, 0.6) is 11.5 Å². The summed E-state index contributed by atoms with van der Waals surface area (Å²) >= 11 is 1.12. The van der Waals surface area contributed by atoms with E-state index in [9.17, 15) is 14.4 Å². The van der Waals surface area contributed by atoms with Gasteiger partial charge in [0.2, 0.25) is 0 Å². The molecule has 0 saturated heterocycles. The average Bonchev–Trinajstić information content (AvgIpc) is 3.58. The SMILES string of the molecule is COc1ccc(N2C(=O)C(Nc3ccc(C)cc3)=C(Sc3cccc(NC(=O)c4ccco4)c3)C2=O)c(OC)c1. The molecule has 1 aromatic heterocycles. The minimum absolute atomic E-state index is 0.127. The predicted molar refractivity (Wildman–Crippen MR) is 153 cm³/mol. The molecule has 4 aromatic rings. The first kappa shape index (κ1) is 26.6. The molecule has 0 radical (unpaired) electrons. The lowest BCUT2D eigenvalue weighted by molar-refractivity contribution is -0.120. The van der Waals surface area contributed by atoms with Gasteiger partial charge in [-0.1, -0.05) is 35.5 Å².